The number of hydrogen-bond donors (Lipinski definition) is 4. The Balaban J connectivity index is 1.49. The molecule has 2 heterocycles. The van der Waals surface area contributed by atoms with E-state index in [1.807, 2.05) is 0 Å². The minimum Gasteiger partial charge on any atom is -0.486 e. The largest absolute Gasteiger partial charge is 0.486 e. The van der Waals surface area contributed by atoms with Crippen LogP contribution in [0.1, 0.15) is 24.1 Å². The van der Waals surface area contributed by atoms with Gasteiger partial charge in [0.25, 0.3) is 5.56 Å². The number of carboxylic acid groups (broad SMARTS) is 1. The molecule has 45 heavy (non-hydrogen) atoms. The lowest BCUT2D eigenvalue weighted by atomic mass is 10.1. The topological polar surface area (TPSA) is 146 Å². The molecule has 2 aromatic heterocycles. The lowest BCUT2D eigenvalue weighted by molar-refractivity contribution is -0.123. The smallest absolute Gasteiger partial charge is 0.405 e. The fraction of sp³-hybridized carbons (Fsp3) is 0.226. The summed E-state index contributed by atoms with van der Waals surface area (Å²) in [6.07, 6.45) is 3.10. The Morgan fingerprint density at radius 3 is 2.58 bits per heavy atom. The van der Waals surface area contributed by atoms with Crippen molar-refractivity contribution in [3.8, 4) is 5.75 Å². The lowest BCUT2D eigenvalue weighted by Gasteiger charge is -2.16. The van der Waals surface area contributed by atoms with Crippen LogP contribution < -0.4 is 20.9 Å². The molecule has 11 nitrogen and oxygen atoms in total. The number of aromatic nitrogens is 2. The highest BCUT2D eigenvalue weighted by molar-refractivity contribution is 5.96. The molecule has 0 aliphatic heterocycles. The van der Waals surface area contributed by atoms with Crippen LogP contribution in [-0.2, 0) is 22.7 Å². The first kappa shape index (κ1) is 32.4. The Labute approximate surface area is 254 Å². The van der Waals surface area contributed by atoms with Crippen LogP contribution >= 0.6 is 0 Å². The third kappa shape index (κ3) is 8.53. The maximum absolute atomic E-state index is 14.4. The number of carbonyl (C=O) groups is 3. The summed E-state index contributed by atoms with van der Waals surface area (Å²) in [6.45, 7) is -0.311. The summed E-state index contributed by atoms with van der Waals surface area (Å²) >= 11 is 0. The number of nitrogens with one attached hydrogen (secondary N) is 3. The molecule has 14 heteroatoms. The van der Waals surface area contributed by atoms with Crippen LogP contribution in [0.3, 0.4) is 0 Å². The molecule has 4 N–H and O–H groups in total. The number of benzene rings is 2. The number of hydrogen-bond acceptors (Lipinski definition) is 5. The molecule has 0 spiro atoms. The molecule has 0 aliphatic carbocycles. The van der Waals surface area contributed by atoms with Crippen molar-refractivity contribution >= 4 is 34.5 Å². The van der Waals surface area contributed by atoms with Crippen LogP contribution in [0.2, 0.25) is 0 Å². The summed E-state index contributed by atoms with van der Waals surface area (Å²) in [6, 6.07) is 8.67. The number of pyridine rings is 1. The van der Waals surface area contributed by atoms with E-state index in [2.05, 4.69) is 15.6 Å². The van der Waals surface area contributed by atoms with E-state index in [0.717, 1.165) is 18.2 Å². The zero-order valence-corrected chi connectivity index (χ0v) is 24.3. The van der Waals surface area contributed by atoms with E-state index in [-0.39, 0.29) is 48.9 Å². The molecular weight excluding hydrogens is 595 g/mol. The van der Waals surface area contributed by atoms with E-state index in [9.17, 15) is 37.5 Å². The van der Waals surface area contributed by atoms with E-state index in [1.54, 1.807) is 20.2 Å². The number of amides is 3. The second-order valence-corrected chi connectivity index (χ2v) is 10.2. The van der Waals surface area contributed by atoms with E-state index in [1.165, 1.54) is 52.1 Å². The van der Waals surface area contributed by atoms with Crippen molar-refractivity contribution in [2.75, 3.05) is 19.4 Å². The first-order valence-electron chi connectivity index (χ1n) is 13.7. The van der Waals surface area contributed by atoms with Gasteiger partial charge in [-0.05, 0) is 55.3 Å². The molecule has 1 unspecified atom stereocenters. The summed E-state index contributed by atoms with van der Waals surface area (Å²) in [5.41, 5.74) is 0.233. The SMILES string of the molecule is CN(C)C(=O)C=CCCC(NC(=O)O)C(=O)Nc1cccn(Cc2cc3cc(F)cc(OCc4ccc(F)cc4F)c3[nH]2)c1=O. The molecule has 0 bridgehead atoms. The number of nitrogens with zero attached hydrogens (tertiary/aromatic N) is 2. The minimum atomic E-state index is -1.43. The van der Waals surface area contributed by atoms with Crippen LogP contribution in [0.25, 0.3) is 10.9 Å². The first-order valence-corrected chi connectivity index (χ1v) is 13.7. The second-order valence-electron chi connectivity index (χ2n) is 10.2. The molecule has 4 rings (SSSR count). The van der Waals surface area contributed by atoms with Crippen molar-refractivity contribution in [2.45, 2.75) is 32.0 Å². The van der Waals surface area contributed by atoms with Crippen LogP contribution in [-0.4, -0.2) is 57.6 Å². The zero-order chi connectivity index (χ0) is 32.7. The maximum atomic E-state index is 14.4. The van der Waals surface area contributed by atoms with Gasteiger partial charge in [-0.1, -0.05) is 6.08 Å². The van der Waals surface area contributed by atoms with Gasteiger partial charge in [0.1, 0.15) is 41.5 Å². The predicted octanol–water partition coefficient (Wildman–Crippen LogP) is 4.37. The van der Waals surface area contributed by atoms with Crippen LogP contribution in [0.5, 0.6) is 5.75 Å². The van der Waals surface area contributed by atoms with Gasteiger partial charge in [-0.3, -0.25) is 14.4 Å². The molecule has 236 valence electrons. The number of ether oxygens (including phenoxy) is 1. The quantitative estimate of drug-likeness (QED) is 0.172. The minimum absolute atomic E-state index is 0.0215. The highest BCUT2D eigenvalue weighted by atomic mass is 19.1. The van der Waals surface area contributed by atoms with Gasteiger partial charge in [0, 0.05) is 49.1 Å². The second kappa shape index (κ2) is 14.3. The van der Waals surface area contributed by atoms with Gasteiger partial charge in [0.15, 0.2) is 0 Å². The molecule has 3 amide bonds. The van der Waals surface area contributed by atoms with Gasteiger partial charge < -0.3 is 34.9 Å². The van der Waals surface area contributed by atoms with Gasteiger partial charge in [-0.2, -0.15) is 0 Å². The highest BCUT2D eigenvalue weighted by Gasteiger charge is 2.21. The highest BCUT2D eigenvalue weighted by Crippen LogP contribution is 2.29. The monoisotopic (exact) mass is 625 g/mol. The molecule has 0 fully saturated rings. The van der Waals surface area contributed by atoms with Gasteiger partial charge in [0.05, 0.1) is 12.1 Å². The van der Waals surface area contributed by atoms with Gasteiger partial charge in [-0.25, -0.2) is 18.0 Å². The molecule has 2 aromatic carbocycles. The average Bonchev–Trinajstić information content (AvgIpc) is 3.38. The Morgan fingerprint density at radius 1 is 1.09 bits per heavy atom. The van der Waals surface area contributed by atoms with Gasteiger partial charge in [0.2, 0.25) is 11.8 Å². The summed E-state index contributed by atoms with van der Waals surface area (Å²) in [7, 11) is 3.15. The van der Waals surface area contributed by atoms with Crippen molar-refractivity contribution < 1.29 is 37.4 Å². The van der Waals surface area contributed by atoms with E-state index >= 15 is 0 Å². The van der Waals surface area contributed by atoms with Gasteiger partial charge >= 0.3 is 6.09 Å². The van der Waals surface area contributed by atoms with Crippen molar-refractivity contribution in [1.29, 1.82) is 0 Å². The Kier molecular flexibility index (Phi) is 10.3. The number of aromatic amines is 1. The Bertz CT molecular complexity index is 1820. The van der Waals surface area contributed by atoms with Crippen LogP contribution in [0.4, 0.5) is 23.7 Å². The van der Waals surface area contributed by atoms with Gasteiger partial charge in [-0.15, -0.1) is 0 Å². The third-order valence-corrected chi connectivity index (χ3v) is 6.67. The van der Waals surface area contributed by atoms with Crippen molar-refractivity contribution in [1.82, 2.24) is 19.8 Å². The fourth-order valence-corrected chi connectivity index (χ4v) is 4.40. The molecule has 0 aliphatic rings. The number of rotatable bonds is 12. The number of carbonyl (C=O) groups excluding carboxylic acids is 2. The number of H-pyrrole nitrogens is 1. The average molecular weight is 626 g/mol. The predicted molar refractivity (Wildman–Crippen MR) is 159 cm³/mol. The number of fused-ring (bicyclic) bond motifs is 1. The van der Waals surface area contributed by atoms with E-state index in [4.69, 9.17) is 4.74 Å². The lowest BCUT2D eigenvalue weighted by Crippen LogP contribution is -2.44. The molecular formula is C31H30F3N5O6. The number of anilines is 1. The summed E-state index contributed by atoms with van der Waals surface area (Å²) in [5.74, 6) is -3.12. The summed E-state index contributed by atoms with van der Waals surface area (Å²) in [5, 5.41) is 14.2. The van der Waals surface area contributed by atoms with Crippen LogP contribution in [0.15, 0.2) is 71.7 Å². The molecule has 0 saturated carbocycles. The third-order valence-electron chi connectivity index (χ3n) is 6.67. The van der Waals surface area contributed by atoms with E-state index in [0.29, 0.717) is 16.6 Å². The van der Waals surface area contributed by atoms with Crippen molar-refractivity contribution in [3.63, 3.8) is 0 Å². The fourth-order valence-electron chi connectivity index (χ4n) is 4.40. The zero-order valence-electron chi connectivity index (χ0n) is 24.3. The molecule has 0 saturated heterocycles. The molecule has 4 aromatic rings. The number of likely N-dealkylation sites (N-methyl/N-ethyl adjacent to an activating group) is 1. The number of halogens is 3. The Hall–Kier alpha value is -5.53. The van der Waals surface area contributed by atoms with E-state index < -0.39 is 41.1 Å². The summed E-state index contributed by atoms with van der Waals surface area (Å²) in [4.78, 5) is 53.5. The van der Waals surface area contributed by atoms with Crippen LogP contribution in [0, 0.1) is 17.5 Å². The number of allylic oxidation sites excluding steroid dienone is 1. The Morgan fingerprint density at radius 2 is 1.87 bits per heavy atom. The standard InChI is InChI=1S/C31H30F3N5O6/c1-38(2)27(40)8-4-3-6-24(37-31(43)44)29(41)36-25-7-5-11-39(30(25)42)16-22-13-19-12-21(33)15-26(28(19)35-22)45-17-18-9-10-20(32)14-23(18)34/h4-5,7-15,24,35,37H,3,6,16-17H2,1-2H3,(H,36,41)(H,43,44). The first-order chi connectivity index (χ1) is 21.4. The maximum Gasteiger partial charge on any atom is 0.405 e. The van der Waals surface area contributed by atoms with Crippen molar-refractivity contribution in [3.05, 3.63) is 106 Å². The summed E-state index contributed by atoms with van der Waals surface area (Å²) < 4.78 is 48.6. The van der Waals surface area contributed by atoms with Crippen molar-refractivity contribution in [2.24, 2.45) is 0 Å². The normalized spacial score (nSPS) is 11.8. The molecule has 1 atom stereocenters. The molecule has 0 radical (unpaired) electrons.